The van der Waals surface area contributed by atoms with Gasteiger partial charge in [-0.1, -0.05) is 42.5 Å². The van der Waals surface area contributed by atoms with E-state index in [0.29, 0.717) is 17.9 Å². The molecule has 22 heavy (non-hydrogen) atoms. The topological polar surface area (TPSA) is 35.5 Å². The van der Waals surface area contributed by atoms with Gasteiger partial charge in [0.05, 0.1) is 16.7 Å². The van der Waals surface area contributed by atoms with Gasteiger partial charge < -0.3 is 9.47 Å². The van der Waals surface area contributed by atoms with Gasteiger partial charge in [-0.2, -0.15) is 0 Å². The molecule has 0 atom stereocenters. The second kappa shape index (κ2) is 8.39. The lowest BCUT2D eigenvalue weighted by molar-refractivity contribution is -0.138. The molecule has 0 aliphatic heterocycles. The lowest BCUT2D eigenvalue weighted by Crippen LogP contribution is -2.14. The summed E-state index contributed by atoms with van der Waals surface area (Å²) in [6.07, 6.45) is 1.79. The van der Waals surface area contributed by atoms with E-state index in [2.05, 4.69) is 15.9 Å². The van der Waals surface area contributed by atoms with Gasteiger partial charge >= 0.3 is 5.97 Å². The van der Waals surface area contributed by atoms with Gasteiger partial charge in [0.1, 0.15) is 12.4 Å². The Morgan fingerprint density at radius 1 is 1.09 bits per heavy atom. The van der Waals surface area contributed by atoms with Crippen molar-refractivity contribution in [2.75, 3.05) is 13.2 Å². The zero-order valence-electron chi connectivity index (χ0n) is 12.3. The summed E-state index contributed by atoms with van der Waals surface area (Å²) in [6, 6.07) is 17.1. The molecular weight excluding hydrogens is 344 g/mol. The van der Waals surface area contributed by atoms with Crippen LogP contribution in [0.3, 0.4) is 0 Å². The summed E-state index contributed by atoms with van der Waals surface area (Å²) in [7, 11) is 0. The average Bonchev–Trinajstić information content (AvgIpc) is 2.54. The minimum absolute atomic E-state index is 0.149. The molecule has 0 aromatic heterocycles. The number of carbonyl (C=O) groups excluding carboxylic acids is 1. The van der Waals surface area contributed by atoms with Crippen molar-refractivity contribution in [2.24, 2.45) is 0 Å². The molecule has 0 bridgehead atoms. The highest BCUT2D eigenvalue weighted by atomic mass is 79.9. The van der Waals surface area contributed by atoms with Crippen LogP contribution in [-0.4, -0.2) is 19.2 Å². The highest BCUT2D eigenvalue weighted by Gasteiger charge is 2.12. The number of hydrogen-bond donors (Lipinski definition) is 0. The minimum atomic E-state index is -0.363. The first-order valence-corrected chi connectivity index (χ1v) is 7.80. The summed E-state index contributed by atoms with van der Waals surface area (Å²) in [5, 5.41) is 0. The summed E-state index contributed by atoms with van der Waals surface area (Å²) < 4.78 is 11.7. The van der Waals surface area contributed by atoms with Crippen molar-refractivity contribution in [1.82, 2.24) is 0 Å². The van der Waals surface area contributed by atoms with Crippen LogP contribution in [0, 0.1) is 0 Å². The van der Waals surface area contributed by atoms with Crippen LogP contribution < -0.4 is 4.74 Å². The van der Waals surface area contributed by atoms with Crippen LogP contribution in [0.15, 0.2) is 64.6 Å². The Morgan fingerprint density at radius 3 is 2.45 bits per heavy atom. The fourth-order valence-corrected chi connectivity index (χ4v) is 2.25. The molecule has 2 aromatic rings. The van der Waals surface area contributed by atoms with Gasteiger partial charge in [-0.25, -0.2) is 4.79 Å². The van der Waals surface area contributed by atoms with Crippen LogP contribution in [0.1, 0.15) is 12.5 Å². The Bertz CT molecular complexity index is 650. The molecule has 0 N–H and O–H groups in total. The predicted octanol–water partition coefficient (Wildman–Crippen LogP) is 4.47. The minimum Gasteiger partial charge on any atom is -0.487 e. The molecule has 0 saturated heterocycles. The fourth-order valence-electron chi connectivity index (χ4n) is 1.85. The molecule has 0 aliphatic rings. The maximum atomic E-state index is 12.1. The largest absolute Gasteiger partial charge is 0.487 e. The van der Waals surface area contributed by atoms with E-state index >= 15 is 0 Å². The number of benzene rings is 2. The molecular formula is C18H17BrO3. The van der Waals surface area contributed by atoms with E-state index in [1.807, 2.05) is 54.6 Å². The van der Waals surface area contributed by atoms with Gasteiger partial charge in [0.15, 0.2) is 0 Å². The number of hydrogen-bond acceptors (Lipinski definition) is 3. The number of esters is 1. The molecule has 0 amide bonds. The molecule has 2 rings (SSSR count). The van der Waals surface area contributed by atoms with Crippen molar-refractivity contribution in [3.63, 3.8) is 0 Å². The van der Waals surface area contributed by atoms with Gasteiger partial charge in [0.25, 0.3) is 0 Å². The molecule has 0 fully saturated rings. The first kappa shape index (κ1) is 16.3. The molecule has 2 aromatic carbocycles. The number of ether oxygens (including phenoxy) is 2. The number of carbonyl (C=O) groups is 1. The highest BCUT2D eigenvalue weighted by Crippen LogP contribution is 2.24. The van der Waals surface area contributed by atoms with E-state index in [1.54, 1.807) is 13.0 Å². The predicted molar refractivity (Wildman–Crippen MR) is 90.7 cm³/mol. The van der Waals surface area contributed by atoms with Crippen molar-refractivity contribution in [3.05, 3.63) is 70.2 Å². The Kier molecular flexibility index (Phi) is 6.22. The Balaban J connectivity index is 2.17. The van der Waals surface area contributed by atoms with Crippen LogP contribution >= 0.6 is 15.9 Å². The van der Waals surface area contributed by atoms with Crippen molar-refractivity contribution < 1.29 is 14.3 Å². The van der Waals surface area contributed by atoms with Crippen molar-refractivity contribution in [2.45, 2.75) is 6.92 Å². The normalized spacial score (nSPS) is 11.1. The lowest BCUT2D eigenvalue weighted by Gasteiger charge is -2.11. The quantitative estimate of drug-likeness (QED) is 0.562. The molecule has 3 nitrogen and oxygen atoms in total. The molecule has 114 valence electrons. The third-order valence-corrected chi connectivity index (χ3v) is 3.55. The van der Waals surface area contributed by atoms with Crippen LogP contribution in [-0.2, 0) is 9.53 Å². The molecule has 0 saturated carbocycles. The molecule has 0 spiro atoms. The van der Waals surface area contributed by atoms with E-state index in [1.165, 1.54) is 0 Å². The Hall–Kier alpha value is -2.07. The molecule has 0 radical (unpaired) electrons. The van der Waals surface area contributed by atoms with E-state index in [4.69, 9.17) is 9.47 Å². The molecule has 0 heterocycles. The van der Waals surface area contributed by atoms with Gasteiger partial charge in [0, 0.05) is 0 Å². The van der Waals surface area contributed by atoms with Gasteiger partial charge in [0.2, 0.25) is 0 Å². The van der Waals surface area contributed by atoms with Gasteiger partial charge in [-0.15, -0.1) is 0 Å². The van der Waals surface area contributed by atoms with Crippen molar-refractivity contribution in [3.8, 4) is 5.75 Å². The van der Waals surface area contributed by atoms with Gasteiger partial charge in [-0.3, -0.25) is 0 Å². The van der Waals surface area contributed by atoms with E-state index in [0.717, 1.165) is 10.0 Å². The maximum absolute atomic E-state index is 12.1. The summed E-state index contributed by atoms with van der Waals surface area (Å²) in [6.45, 7) is 2.27. The Morgan fingerprint density at radius 2 is 1.77 bits per heavy atom. The summed E-state index contributed by atoms with van der Waals surface area (Å²) >= 11 is 3.42. The molecule has 0 unspecified atom stereocenters. The van der Waals surface area contributed by atoms with E-state index < -0.39 is 0 Å². The zero-order chi connectivity index (χ0) is 15.8. The molecule has 0 aliphatic carbocycles. The third-order valence-electron chi connectivity index (χ3n) is 2.90. The standard InChI is InChI=1S/C18H17BrO3/c1-2-21-18(20)15(12-14-8-4-3-5-9-14)13-22-17-11-7-6-10-16(17)19/h3-12H,2,13H2,1H3/b15-12-. The van der Waals surface area contributed by atoms with Crippen molar-refractivity contribution >= 4 is 28.0 Å². The number of rotatable bonds is 6. The number of para-hydroxylation sites is 1. The third kappa shape index (κ3) is 4.74. The summed E-state index contributed by atoms with van der Waals surface area (Å²) in [5.41, 5.74) is 1.41. The lowest BCUT2D eigenvalue weighted by atomic mass is 10.1. The van der Waals surface area contributed by atoms with Crippen LogP contribution in [0.2, 0.25) is 0 Å². The first-order chi connectivity index (χ1) is 10.7. The summed E-state index contributed by atoms with van der Waals surface area (Å²) in [4.78, 5) is 12.1. The smallest absolute Gasteiger partial charge is 0.337 e. The van der Waals surface area contributed by atoms with E-state index in [9.17, 15) is 4.79 Å². The monoisotopic (exact) mass is 360 g/mol. The SMILES string of the molecule is CCOC(=O)/C(=C\c1ccccc1)COc1ccccc1Br. The second-order valence-corrected chi connectivity index (χ2v) is 5.37. The van der Waals surface area contributed by atoms with E-state index in [-0.39, 0.29) is 12.6 Å². The second-order valence-electron chi connectivity index (χ2n) is 4.52. The Labute approximate surface area is 138 Å². The number of halogens is 1. The van der Waals surface area contributed by atoms with Crippen LogP contribution in [0.4, 0.5) is 0 Å². The fraction of sp³-hybridized carbons (Fsp3) is 0.167. The maximum Gasteiger partial charge on any atom is 0.337 e. The van der Waals surface area contributed by atoms with Crippen molar-refractivity contribution in [1.29, 1.82) is 0 Å². The average molecular weight is 361 g/mol. The van der Waals surface area contributed by atoms with Crippen LogP contribution in [0.5, 0.6) is 5.75 Å². The molecule has 4 heteroatoms. The van der Waals surface area contributed by atoms with Gasteiger partial charge in [-0.05, 0) is 46.6 Å². The first-order valence-electron chi connectivity index (χ1n) is 7.00. The highest BCUT2D eigenvalue weighted by molar-refractivity contribution is 9.10. The summed E-state index contributed by atoms with van der Waals surface area (Å²) in [5.74, 6) is 0.323. The zero-order valence-corrected chi connectivity index (χ0v) is 13.9. The van der Waals surface area contributed by atoms with Crippen LogP contribution in [0.25, 0.3) is 6.08 Å².